The van der Waals surface area contributed by atoms with Gasteiger partial charge in [-0.15, -0.1) is 5.10 Å². The summed E-state index contributed by atoms with van der Waals surface area (Å²) in [4.78, 5) is 28.6. The molecule has 0 saturated carbocycles. The third-order valence-electron chi connectivity index (χ3n) is 4.59. The molecule has 1 aliphatic rings. The van der Waals surface area contributed by atoms with Crippen molar-refractivity contribution in [3.63, 3.8) is 0 Å². The topological polar surface area (TPSA) is 109 Å². The van der Waals surface area contributed by atoms with Crippen molar-refractivity contribution in [3.8, 4) is 5.75 Å². The normalized spacial score (nSPS) is 15.0. The third kappa shape index (κ3) is 3.71. The summed E-state index contributed by atoms with van der Waals surface area (Å²) in [6.45, 7) is 0. The molecule has 1 aromatic heterocycles. The molecule has 4 rings (SSSR count). The Hall–Kier alpha value is -3.68. The first-order chi connectivity index (χ1) is 13.6. The molecule has 0 unspecified atom stereocenters. The van der Waals surface area contributed by atoms with Crippen molar-refractivity contribution in [1.82, 2.24) is 20.5 Å². The highest BCUT2D eigenvalue weighted by molar-refractivity contribution is 6.00. The maximum atomic E-state index is 12.4. The fraction of sp³-hybridized carbons (Fsp3) is 0.200. The minimum Gasteiger partial charge on any atom is -0.497 e. The third-order valence-corrected chi connectivity index (χ3v) is 4.59. The van der Waals surface area contributed by atoms with E-state index in [0.29, 0.717) is 17.8 Å². The SMILES string of the molecule is COc1ccc(Cc2nc(NC(=O)C[C@@H]3NC(=O)c4ccccc43)n[nH]2)cc1. The zero-order valence-corrected chi connectivity index (χ0v) is 15.2. The lowest BCUT2D eigenvalue weighted by Gasteiger charge is -2.10. The lowest BCUT2D eigenvalue weighted by molar-refractivity contribution is -0.116. The number of nitrogens with one attached hydrogen (secondary N) is 3. The van der Waals surface area contributed by atoms with Crippen molar-refractivity contribution in [3.05, 3.63) is 71.0 Å². The van der Waals surface area contributed by atoms with Gasteiger partial charge in [-0.3, -0.25) is 20.0 Å². The second-order valence-corrected chi connectivity index (χ2v) is 6.50. The molecular formula is C20H19N5O3. The number of hydrogen-bond donors (Lipinski definition) is 3. The van der Waals surface area contributed by atoms with E-state index >= 15 is 0 Å². The summed E-state index contributed by atoms with van der Waals surface area (Å²) in [5.41, 5.74) is 2.48. The first kappa shape index (κ1) is 17.7. The van der Waals surface area contributed by atoms with E-state index in [1.807, 2.05) is 36.4 Å². The number of hydrogen-bond acceptors (Lipinski definition) is 5. The number of aromatic amines is 1. The van der Waals surface area contributed by atoms with Crippen LogP contribution in [-0.2, 0) is 11.2 Å². The standard InChI is InChI=1S/C20H19N5O3/c1-28-13-8-6-12(7-9-13)10-17-22-20(25-24-17)23-18(26)11-16-14-4-2-3-5-15(14)19(27)21-16/h2-9,16H,10-11H2,1H3,(H,21,27)(H2,22,23,24,25,26)/t16-/m0/s1. The molecular weight excluding hydrogens is 358 g/mol. The van der Waals surface area contributed by atoms with Crippen LogP contribution in [0.3, 0.4) is 0 Å². The number of amides is 2. The fourth-order valence-corrected chi connectivity index (χ4v) is 3.21. The van der Waals surface area contributed by atoms with Crippen LogP contribution in [0.25, 0.3) is 0 Å². The van der Waals surface area contributed by atoms with Crippen LogP contribution in [0.15, 0.2) is 48.5 Å². The van der Waals surface area contributed by atoms with E-state index in [-0.39, 0.29) is 30.2 Å². The molecule has 0 fully saturated rings. The molecule has 28 heavy (non-hydrogen) atoms. The van der Waals surface area contributed by atoms with E-state index < -0.39 is 0 Å². The number of rotatable bonds is 6. The maximum absolute atomic E-state index is 12.4. The average Bonchev–Trinajstić information content (AvgIpc) is 3.27. The van der Waals surface area contributed by atoms with E-state index in [2.05, 4.69) is 25.8 Å². The van der Waals surface area contributed by atoms with Gasteiger partial charge in [0.05, 0.1) is 19.6 Å². The van der Waals surface area contributed by atoms with Crippen molar-refractivity contribution in [2.45, 2.75) is 18.9 Å². The van der Waals surface area contributed by atoms with Crippen LogP contribution in [0.4, 0.5) is 5.95 Å². The lowest BCUT2D eigenvalue weighted by Crippen LogP contribution is -2.24. The van der Waals surface area contributed by atoms with Gasteiger partial charge in [0.25, 0.3) is 5.91 Å². The molecule has 142 valence electrons. The van der Waals surface area contributed by atoms with Crippen LogP contribution in [0.2, 0.25) is 0 Å². The Kier molecular flexibility index (Phi) is 4.76. The summed E-state index contributed by atoms with van der Waals surface area (Å²) in [7, 11) is 1.62. The summed E-state index contributed by atoms with van der Waals surface area (Å²) in [5.74, 6) is 1.21. The summed E-state index contributed by atoms with van der Waals surface area (Å²) < 4.78 is 5.14. The number of nitrogens with zero attached hydrogens (tertiary/aromatic N) is 2. The molecule has 2 aromatic carbocycles. The van der Waals surface area contributed by atoms with Gasteiger partial charge in [0.15, 0.2) is 0 Å². The zero-order valence-electron chi connectivity index (χ0n) is 15.2. The van der Waals surface area contributed by atoms with Crippen LogP contribution in [0, 0.1) is 0 Å². The summed E-state index contributed by atoms with van der Waals surface area (Å²) in [5, 5.41) is 12.4. The Balaban J connectivity index is 1.36. The van der Waals surface area contributed by atoms with Crippen LogP contribution < -0.4 is 15.4 Å². The largest absolute Gasteiger partial charge is 0.497 e. The Bertz CT molecular complexity index is 1010. The molecule has 0 spiro atoms. The Morgan fingerprint density at radius 2 is 1.96 bits per heavy atom. The molecule has 2 amide bonds. The van der Waals surface area contributed by atoms with E-state index in [0.717, 1.165) is 16.9 Å². The number of ether oxygens (including phenoxy) is 1. The molecule has 2 heterocycles. The predicted molar refractivity (Wildman–Crippen MR) is 102 cm³/mol. The molecule has 0 aliphatic carbocycles. The summed E-state index contributed by atoms with van der Waals surface area (Å²) in [6.07, 6.45) is 0.671. The van der Waals surface area contributed by atoms with Crippen LogP contribution in [0.5, 0.6) is 5.75 Å². The quantitative estimate of drug-likeness (QED) is 0.610. The van der Waals surface area contributed by atoms with E-state index in [1.165, 1.54) is 0 Å². The van der Waals surface area contributed by atoms with Crippen molar-refractivity contribution >= 4 is 17.8 Å². The van der Waals surface area contributed by atoms with Gasteiger partial charge in [0.1, 0.15) is 11.6 Å². The number of carbonyl (C=O) groups is 2. The van der Waals surface area contributed by atoms with E-state index in [4.69, 9.17) is 4.74 Å². The number of aromatic nitrogens is 3. The molecule has 1 aliphatic heterocycles. The number of H-pyrrole nitrogens is 1. The molecule has 3 N–H and O–H groups in total. The van der Waals surface area contributed by atoms with Gasteiger partial charge < -0.3 is 10.1 Å². The van der Waals surface area contributed by atoms with Gasteiger partial charge in [-0.1, -0.05) is 30.3 Å². The first-order valence-electron chi connectivity index (χ1n) is 8.86. The highest BCUT2D eigenvalue weighted by Gasteiger charge is 2.29. The number of anilines is 1. The van der Waals surface area contributed by atoms with Crippen molar-refractivity contribution in [2.75, 3.05) is 12.4 Å². The predicted octanol–water partition coefficient (Wildman–Crippen LogP) is 2.22. The van der Waals surface area contributed by atoms with Crippen molar-refractivity contribution in [1.29, 1.82) is 0 Å². The Morgan fingerprint density at radius 1 is 1.18 bits per heavy atom. The van der Waals surface area contributed by atoms with Crippen LogP contribution >= 0.6 is 0 Å². The van der Waals surface area contributed by atoms with E-state index in [9.17, 15) is 9.59 Å². The second kappa shape index (κ2) is 7.51. The number of carbonyl (C=O) groups excluding carboxylic acids is 2. The Morgan fingerprint density at radius 3 is 2.75 bits per heavy atom. The van der Waals surface area contributed by atoms with Crippen LogP contribution in [-0.4, -0.2) is 34.1 Å². The molecule has 0 saturated heterocycles. The van der Waals surface area contributed by atoms with Gasteiger partial charge in [0, 0.05) is 12.0 Å². The van der Waals surface area contributed by atoms with Gasteiger partial charge in [0.2, 0.25) is 11.9 Å². The number of fused-ring (bicyclic) bond motifs is 1. The summed E-state index contributed by atoms with van der Waals surface area (Å²) >= 11 is 0. The van der Waals surface area contributed by atoms with Gasteiger partial charge in [-0.2, -0.15) is 4.98 Å². The van der Waals surface area contributed by atoms with E-state index in [1.54, 1.807) is 19.2 Å². The fourth-order valence-electron chi connectivity index (χ4n) is 3.21. The summed E-state index contributed by atoms with van der Waals surface area (Å²) in [6, 6.07) is 14.6. The minimum absolute atomic E-state index is 0.116. The zero-order chi connectivity index (χ0) is 19.5. The highest BCUT2D eigenvalue weighted by Crippen LogP contribution is 2.27. The maximum Gasteiger partial charge on any atom is 0.252 e. The molecule has 3 aromatic rings. The van der Waals surface area contributed by atoms with Gasteiger partial charge >= 0.3 is 0 Å². The smallest absolute Gasteiger partial charge is 0.252 e. The van der Waals surface area contributed by atoms with Gasteiger partial charge in [-0.25, -0.2) is 0 Å². The monoisotopic (exact) mass is 377 g/mol. The lowest BCUT2D eigenvalue weighted by atomic mass is 10.0. The molecule has 0 bridgehead atoms. The molecule has 1 atom stereocenters. The average molecular weight is 377 g/mol. The minimum atomic E-state index is -0.346. The number of benzene rings is 2. The second-order valence-electron chi connectivity index (χ2n) is 6.50. The molecule has 0 radical (unpaired) electrons. The van der Waals surface area contributed by atoms with Gasteiger partial charge in [-0.05, 0) is 29.3 Å². The number of methoxy groups -OCH3 is 1. The first-order valence-corrected chi connectivity index (χ1v) is 8.86. The van der Waals surface area contributed by atoms with Crippen LogP contribution in [0.1, 0.15) is 39.8 Å². The van der Waals surface area contributed by atoms with Crippen molar-refractivity contribution < 1.29 is 14.3 Å². The highest BCUT2D eigenvalue weighted by atomic mass is 16.5. The molecule has 8 heteroatoms. The van der Waals surface area contributed by atoms with Crippen molar-refractivity contribution in [2.24, 2.45) is 0 Å². The Labute approximate surface area is 161 Å². The molecule has 8 nitrogen and oxygen atoms in total.